The molecule has 2 atom stereocenters. The molecule has 0 aliphatic heterocycles. The smallest absolute Gasteiger partial charge is 0.282 e. The second-order valence-electron chi connectivity index (χ2n) is 8.20. The van der Waals surface area contributed by atoms with Gasteiger partial charge in [-0.15, -0.1) is 0 Å². The Bertz CT molecular complexity index is 508. The van der Waals surface area contributed by atoms with Crippen LogP contribution in [0.15, 0.2) is 24.3 Å². The molecule has 0 radical (unpaired) electrons. The van der Waals surface area contributed by atoms with Gasteiger partial charge in [-0.1, -0.05) is 26.0 Å². The maximum atomic E-state index is 12.4. The molecule has 0 spiro atoms. The van der Waals surface area contributed by atoms with Crippen LogP contribution in [0.2, 0.25) is 0 Å². The minimum absolute atomic E-state index is 0.0688. The lowest BCUT2D eigenvalue weighted by molar-refractivity contribution is -0.868. The molecule has 4 N–H and O–H groups in total. The molecule has 1 rings (SSSR count). The Hall–Kier alpha value is -1.39. The lowest BCUT2D eigenvalue weighted by atomic mass is 9.92. The molecule has 1 aromatic rings. The molecule has 4 nitrogen and oxygen atoms in total. The number of rotatable bonds is 9. The third kappa shape index (κ3) is 7.02. The number of benzene rings is 1. The highest BCUT2D eigenvalue weighted by molar-refractivity contribution is 5.93. The molecule has 0 aromatic heterocycles. The first-order chi connectivity index (χ1) is 11.1. The fourth-order valence-electron chi connectivity index (χ4n) is 3.02. The maximum Gasteiger partial charge on any atom is 0.282 e. The number of anilines is 1. The van der Waals surface area contributed by atoms with E-state index in [-0.39, 0.29) is 17.4 Å². The molecule has 0 fully saturated rings. The Kier molecular flexibility index (Phi) is 7.91. The molecule has 0 aliphatic rings. The van der Waals surface area contributed by atoms with Crippen LogP contribution in [0.5, 0.6) is 0 Å². The van der Waals surface area contributed by atoms with E-state index in [1.165, 1.54) is 10.5 Å². The van der Waals surface area contributed by atoms with Crippen molar-refractivity contribution in [1.82, 2.24) is 0 Å². The summed E-state index contributed by atoms with van der Waals surface area (Å²) in [7, 11) is 4.34. The zero-order valence-corrected chi connectivity index (χ0v) is 16.6. The Morgan fingerprint density at radius 3 is 2.29 bits per heavy atom. The average molecular weight is 336 g/mol. The van der Waals surface area contributed by atoms with Gasteiger partial charge in [-0.05, 0) is 50.8 Å². The van der Waals surface area contributed by atoms with Crippen LogP contribution in [0.4, 0.5) is 5.69 Å². The van der Waals surface area contributed by atoms with Gasteiger partial charge in [-0.3, -0.25) is 4.79 Å². The van der Waals surface area contributed by atoms with Crippen LogP contribution < -0.4 is 15.5 Å². The summed E-state index contributed by atoms with van der Waals surface area (Å²) in [6.45, 7) is 12.9. The van der Waals surface area contributed by atoms with Crippen molar-refractivity contribution in [3.05, 3.63) is 29.8 Å². The van der Waals surface area contributed by atoms with E-state index < -0.39 is 0 Å². The molecule has 0 saturated heterocycles. The number of nitrogens with two attached hydrogens (primary N) is 1. The van der Waals surface area contributed by atoms with Crippen LogP contribution in [-0.2, 0) is 4.79 Å². The lowest BCUT2D eigenvalue weighted by Crippen LogP contribution is -3.08. The summed E-state index contributed by atoms with van der Waals surface area (Å²) >= 11 is 0. The van der Waals surface area contributed by atoms with Crippen LogP contribution in [0.1, 0.15) is 52.5 Å². The SMILES string of the molecule is CC[C@H](C)c1ccc(NC(=O)[C@H](C)[NH2+]CC(C)(C)C[NH+](C)C)cc1. The maximum absolute atomic E-state index is 12.4. The molecule has 24 heavy (non-hydrogen) atoms. The first kappa shape index (κ1) is 20.7. The highest BCUT2D eigenvalue weighted by Gasteiger charge is 2.26. The second-order valence-corrected chi connectivity index (χ2v) is 8.20. The van der Waals surface area contributed by atoms with E-state index in [1.807, 2.05) is 19.1 Å². The van der Waals surface area contributed by atoms with Crippen molar-refractivity contribution < 1.29 is 15.0 Å². The predicted molar refractivity (Wildman–Crippen MR) is 101 cm³/mol. The fourth-order valence-corrected chi connectivity index (χ4v) is 3.02. The van der Waals surface area contributed by atoms with E-state index in [1.54, 1.807) is 0 Å². The first-order valence-electron chi connectivity index (χ1n) is 9.18. The summed E-state index contributed by atoms with van der Waals surface area (Å²) in [5, 5.41) is 5.17. The van der Waals surface area contributed by atoms with Crippen molar-refractivity contribution in [1.29, 1.82) is 0 Å². The van der Waals surface area contributed by atoms with Gasteiger partial charge in [-0.2, -0.15) is 0 Å². The van der Waals surface area contributed by atoms with Crippen molar-refractivity contribution >= 4 is 11.6 Å². The zero-order chi connectivity index (χ0) is 18.3. The van der Waals surface area contributed by atoms with Crippen molar-refractivity contribution in [2.75, 3.05) is 32.5 Å². The number of nitrogens with one attached hydrogen (secondary N) is 2. The number of quaternary nitrogens is 2. The molecule has 1 aromatic carbocycles. The monoisotopic (exact) mass is 335 g/mol. The van der Waals surface area contributed by atoms with E-state index in [0.29, 0.717) is 5.92 Å². The largest absolute Gasteiger partial charge is 0.339 e. The number of amides is 1. The van der Waals surface area contributed by atoms with Crippen LogP contribution in [0.3, 0.4) is 0 Å². The third-order valence-corrected chi connectivity index (χ3v) is 4.63. The third-order valence-electron chi connectivity index (χ3n) is 4.63. The van der Waals surface area contributed by atoms with Gasteiger partial charge in [0, 0.05) is 5.69 Å². The van der Waals surface area contributed by atoms with Crippen LogP contribution in [0.25, 0.3) is 0 Å². The highest BCUT2D eigenvalue weighted by atomic mass is 16.2. The van der Waals surface area contributed by atoms with Crippen LogP contribution >= 0.6 is 0 Å². The number of hydrogen-bond donors (Lipinski definition) is 3. The first-order valence-corrected chi connectivity index (χ1v) is 9.18. The molecular weight excluding hydrogens is 298 g/mol. The quantitative estimate of drug-likeness (QED) is 0.625. The number of carbonyl (C=O) groups is 1. The van der Waals surface area contributed by atoms with E-state index in [0.717, 1.165) is 25.2 Å². The minimum atomic E-state index is -0.0873. The predicted octanol–water partition coefficient (Wildman–Crippen LogP) is 1.26. The fraction of sp³-hybridized carbons (Fsp3) is 0.650. The van der Waals surface area contributed by atoms with Crippen LogP contribution in [-0.4, -0.2) is 39.1 Å². The summed E-state index contributed by atoms with van der Waals surface area (Å²) in [5.41, 5.74) is 2.41. The molecule has 0 aliphatic carbocycles. The summed E-state index contributed by atoms with van der Waals surface area (Å²) in [6, 6.07) is 8.15. The molecule has 136 valence electrons. The Balaban J connectivity index is 2.52. The van der Waals surface area contributed by atoms with Gasteiger partial charge in [0.05, 0.1) is 32.6 Å². The Morgan fingerprint density at radius 1 is 1.21 bits per heavy atom. The molecule has 0 saturated carbocycles. The molecule has 0 bridgehead atoms. The van der Waals surface area contributed by atoms with E-state index in [9.17, 15) is 4.79 Å². The summed E-state index contributed by atoms with van der Waals surface area (Å²) in [6.07, 6.45) is 1.13. The number of carbonyl (C=O) groups excluding carboxylic acids is 1. The molecular formula is C20H37N3O+2. The van der Waals surface area contributed by atoms with Gasteiger partial charge >= 0.3 is 0 Å². The Morgan fingerprint density at radius 2 is 1.79 bits per heavy atom. The standard InChI is InChI=1S/C20H35N3O/c1-8-15(2)17-9-11-18(12-10-17)22-19(24)16(3)21-13-20(4,5)14-23(6)7/h9-12,15-16,21H,8,13-14H2,1-7H3,(H,22,24)/p+2/t15-,16-/m0/s1. The van der Waals surface area contributed by atoms with E-state index in [4.69, 9.17) is 0 Å². The molecule has 1 amide bonds. The van der Waals surface area contributed by atoms with Crippen LogP contribution in [0, 0.1) is 5.41 Å². The lowest BCUT2D eigenvalue weighted by Gasteiger charge is -2.25. The summed E-state index contributed by atoms with van der Waals surface area (Å²) in [5.74, 6) is 0.627. The van der Waals surface area contributed by atoms with Crippen molar-refractivity contribution in [3.63, 3.8) is 0 Å². The van der Waals surface area contributed by atoms with Crippen molar-refractivity contribution in [2.45, 2.75) is 53.0 Å². The number of hydrogen-bond acceptors (Lipinski definition) is 1. The molecule has 4 heteroatoms. The van der Waals surface area contributed by atoms with Gasteiger partial charge in [0.2, 0.25) is 0 Å². The van der Waals surface area contributed by atoms with Gasteiger partial charge in [0.1, 0.15) is 0 Å². The van der Waals surface area contributed by atoms with Crippen molar-refractivity contribution in [3.8, 4) is 0 Å². The summed E-state index contributed by atoms with van der Waals surface area (Å²) in [4.78, 5) is 13.8. The molecule has 0 unspecified atom stereocenters. The van der Waals surface area contributed by atoms with Gasteiger partial charge in [0.15, 0.2) is 6.04 Å². The average Bonchev–Trinajstić information content (AvgIpc) is 2.51. The molecule has 0 heterocycles. The normalized spacial score (nSPS) is 14.5. The van der Waals surface area contributed by atoms with Crippen molar-refractivity contribution in [2.24, 2.45) is 5.41 Å². The zero-order valence-electron chi connectivity index (χ0n) is 16.6. The second kappa shape index (κ2) is 9.19. The van der Waals surface area contributed by atoms with Gasteiger partial charge < -0.3 is 15.5 Å². The highest BCUT2D eigenvalue weighted by Crippen LogP contribution is 2.20. The Labute approximate surface area is 148 Å². The van der Waals surface area contributed by atoms with Gasteiger partial charge in [0.25, 0.3) is 5.91 Å². The summed E-state index contributed by atoms with van der Waals surface area (Å²) < 4.78 is 0. The van der Waals surface area contributed by atoms with Gasteiger partial charge in [-0.25, -0.2) is 0 Å². The van der Waals surface area contributed by atoms with E-state index >= 15 is 0 Å². The minimum Gasteiger partial charge on any atom is -0.339 e. The topological polar surface area (TPSA) is 50.1 Å². The van der Waals surface area contributed by atoms with E-state index in [2.05, 4.69) is 64.6 Å².